The molecule has 110 valence electrons. The van der Waals surface area contributed by atoms with Crippen LogP contribution in [0.15, 0.2) is 24.3 Å². The van der Waals surface area contributed by atoms with Gasteiger partial charge in [0.05, 0.1) is 7.11 Å². The van der Waals surface area contributed by atoms with Crippen molar-refractivity contribution in [1.29, 1.82) is 0 Å². The van der Waals surface area contributed by atoms with Gasteiger partial charge in [-0.25, -0.2) is 4.84 Å². The Labute approximate surface area is 123 Å². The molecule has 0 bridgehead atoms. The third kappa shape index (κ3) is 3.23. The zero-order valence-electron chi connectivity index (χ0n) is 11.4. The van der Waals surface area contributed by atoms with E-state index in [1.165, 1.54) is 0 Å². The maximum Gasteiger partial charge on any atom is 0.244 e. The molecule has 6 heteroatoms. The van der Waals surface area contributed by atoms with Crippen molar-refractivity contribution >= 4 is 17.7 Å². The third-order valence-corrected chi connectivity index (χ3v) is 3.81. The number of carbonyl (C=O) groups excluding carboxylic acids is 1. The average Bonchev–Trinajstić information content (AvgIpc) is 3.02. The molecule has 1 aliphatic rings. The first-order valence-electron chi connectivity index (χ1n) is 6.64. The van der Waals surface area contributed by atoms with Crippen LogP contribution in [0, 0.1) is 0 Å². The normalized spacial score (nSPS) is 17.9. The summed E-state index contributed by atoms with van der Waals surface area (Å²) < 4.78 is 5.07. The van der Waals surface area contributed by atoms with Crippen LogP contribution >= 0.6 is 11.8 Å². The van der Waals surface area contributed by atoms with Gasteiger partial charge in [-0.3, -0.25) is 4.79 Å². The van der Waals surface area contributed by atoms with Gasteiger partial charge in [-0.1, -0.05) is 12.1 Å². The van der Waals surface area contributed by atoms with Gasteiger partial charge in [0.15, 0.2) is 0 Å². The van der Waals surface area contributed by atoms with Crippen LogP contribution in [0.4, 0.5) is 0 Å². The van der Waals surface area contributed by atoms with Crippen molar-refractivity contribution in [2.45, 2.75) is 25.0 Å². The molecule has 1 unspecified atom stereocenters. The van der Waals surface area contributed by atoms with Gasteiger partial charge in [0.2, 0.25) is 5.91 Å². The number of hydrogen-bond donors (Lipinski definition) is 2. The first kappa shape index (κ1) is 15.1. The van der Waals surface area contributed by atoms with Crippen LogP contribution < -0.4 is 9.57 Å². The number of aliphatic hydroxyl groups excluding tert-OH is 1. The topological polar surface area (TPSA) is 61.8 Å². The highest BCUT2D eigenvalue weighted by molar-refractivity contribution is 6.15. The molecule has 20 heavy (non-hydrogen) atoms. The smallest absolute Gasteiger partial charge is 0.244 e. The lowest BCUT2D eigenvalue weighted by Gasteiger charge is -2.25. The van der Waals surface area contributed by atoms with E-state index in [1.807, 2.05) is 0 Å². The van der Waals surface area contributed by atoms with E-state index in [0.717, 1.165) is 25.9 Å². The van der Waals surface area contributed by atoms with Crippen LogP contribution in [0.5, 0.6) is 5.75 Å². The minimum absolute atomic E-state index is 0.166. The Morgan fingerprint density at radius 1 is 1.35 bits per heavy atom. The molecule has 5 nitrogen and oxygen atoms in total. The number of halogens is 1. The summed E-state index contributed by atoms with van der Waals surface area (Å²) in [7, 11) is 1.57. The molecule has 1 aromatic rings. The molecule has 1 aromatic carbocycles. The summed E-state index contributed by atoms with van der Waals surface area (Å²) in [5.41, 5.74) is 0.622. The molecule has 1 heterocycles. The molecule has 1 aliphatic heterocycles. The van der Waals surface area contributed by atoms with Crippen LogP contribution in [0.3, 0.4) is 0 Å². The number of hydrogen-bond acceptors (Lipinski definition) is 4. The summed E-state index contributed by atoms with van der Waals surface area (Å²) in [5.74, 6) is 0.531. The lowest BCUT2D eigenvalue weighted by Crippen LogP contribution is -2.46. The predicted molar refractivity (Wildman–Crippen MR) is 76.5 cm³/mol. The molecule has 0 aliphatic carbocycles. The fourth-order valence-electron chi connectivity index (χ4n) is 2.37. The summed E-state index contributed by atoms with van der Waals surface area (Å²) in [6.07, 6.45) is 1.00. The van der Waals surface area contributed by atoms with E-state index in [0.29, 0.717) is 11.3 Å². The van der Waals surface area contributed by atoms with Gasteiger partial charge in [0, 0.05) is 13.1 Å². The minimum Gasteiger partial charge on any atom is -0.497 e. The van der Waals surface area contributed by atoms with Crippen molar-refractivity contribution in [3.63, 3.8) is 0 Å². The second-order valence-corrected chi connectivity index (χ2v) is 5.06. The standard InChI is InChI=1S/C14H19ClN2O3/c1-20-11-6-4-10(5-7-11)13(18)12(16-15)14(19)17-8-2-3-9-17/h4-7,12-13,16,18H,2-3,8-9H2,1H3/t12?,13-/m0/s1. The predicted octanol–water partition coefficient (Wildman–Crippen LogP) is 1.46. The molecule has 1 fully saturated rings. The molecular weight excluding hydrogens is 280 g/mol. The lowest BCUT2D eigenvalue weighted by molar-refractivity contribution is -0.134. The molecule has 0 spiro atoms. The van der Waals surface area contributed by atoms with Gasteiger partial charge in [0.1, 0.15) is 17.9 Å². The quantitative estimate of drug-likeness (QED) is 0.808. The molecule has 0 radical (unpaired) electrons. The SMILES string of the molecule is COc1ccc([C@H](O)C(NCl)C(=O)N2CCCC2)cc1. The van der Waals surface area contributed by atoms with Gasteiger partial charge >= 0.3 is 0 Å². The molecular formula is C14H19ClN2O3. The summed E-state index contributed by atoms with van der Waals surface area (Å²) in [4.78, 5) is 16.4. The van der Waals surface area contributed by atoms with E-state index in [9.17, 15) is 9.90 Å². The summed E-state index contributed by atoms with van der Waals surface area (Å²) in [5, 5.41) is 10.3. The number of likely N-dealkylation sites (tertiary alicyclic amines) is 1. The maximum absolute atomic E-state index is 12.3. The Morgan fingerprint density at radius 3 is 2.45 bits per heavy atom. The van der Waals surface area contributed by atoms with Crippen LogP contribution in [-0.4, -0.2) is 42.2 Å². The van der Waals surface area contributed by atoms with Gasteiger partial charge in [-0.05, 0) is 42.3 Å². The van der Waals surface area contributed by atoms with Gasteiger partial charge in [-0.15, -0.1) is 0 Å². The van der Waals surface area contributed by atoms with Crippen molar-refractivity contribution in [1.82, 2.24) is 9.74 Å². The molecule has 2 N–H and O–H groups in total. The van der Waals surface area contributed by atoms with Crippen LogP contribution in [0.2, 0.25) is 0 Å². The monoisotopic (exact) mass is 298 g/mol. The highest BCUT2D eigenvalue weighted by atomic mass is 35.5. The van der Waals surface area contributed by atoms with Gasteiger partial charge in [0.25, 0.3) is 0 Å². The Morgan fingerprint density at radius 2 is 1.95 bits per heavy atom. The van der Waals surface area contributed by atoms with Crippen molar-refractivity contribution < 1.29 is 14.6 Å². The summed E-state index contributed by atoms with van der Waals surface area (Å²) >= 11 is 5.66. The van der Waals surface area contributed by atoms with Crippen molar-refractivity contribution in [2.24, 2.45) is 0 Å². The Bertz CT molecular complexity index is 446. The molecule has 1 amide bonds. The van der Waals surface area contributed by atoms with E-state index in [2.05, 4.69) is 4.84 Å². The Kier molecular flexibility index (Phi) is 5.23. The highest BCUT2D eigenvalue weighted by Gasteiger charge is 2.32. The Hall–Kier alpha value is -1.30. The third-order valence-electron chi connectivity index (χ3n) is 3.57. The number of nitrogens with zero attached hydrogens (tertiary/aromatic N) is 1. The first-order valence-corrected chi connectivity index (χ1v) is 7.02. The van der Waals surface area contributed by atoms with Crippen LogP contribution in [0.25, 0.3) is 0 Å². The van der Waals surface area contributed by atoms with E-state index in [-0.39, 0.29) is 5.91 Å². The fraction of sp³-hybridized carbons (Fsp3) is 0.500. The number of amides is 1. The number of carbonyl (C=O) groups is 1. The molecule has 2 atom stereocenters. The van der Waals surface area contributed by atoms with Gasteiger partial charge in [-0.2, -0.15) is 0 Å². The fourth-order valence-corrected chi connectivity index (χ4v) is 2.58. The van der Waals surface area contributed by atoms with Crippen molar-refractivity contribution in [2.75, 3.05) is 20.2 Å². The number of methoxy groups -OCH3 is 1. The average molecular weight is 299 g/mol. The summed E-state index contributed by atoms with van der Waals surface area (Å²) in [6, 6.07) is 6.08. The van der Waals surface area contributed by atoms with Crippen molar-refractivity contribution in [3.05, 3.63) is 29.8 Å². The Balaban J connectivity index is 2.10. The van der Waals surface area contributed by atoms with Gasteiger partial charge < -0.3 is 14.7 Å². The van der Waals surface area contributed by atoms with Crippen LogP contribution in [-0.2, 0) is 4.79 Å². The highest BCUT2D eigenvalue weighted by Crippen LogP contribution is 2.23. The number of nitrogens with one attached hydrogen (secondary N) is 1. The molecule has 0 saturated carbocycles. The number of ether oxygens (including phenoxy) is 1. The number of aliphatic hydroxyl groups is 1. The minimum atomic E-state index is -0.994. The summed E-state index contributed by atoms with van der Waals surface area (Å²) in [6.45, 7) is 1.45. The largest absolute Gasteiger partial charge is 0.497 e. The number of rotatable bonds is 5. The van der Waals surface area contributed by atoms with Crippen LogP contribution in [0.1, 0.15) is 24.5 Å². The first-order chi connectivity index (χ1) is 9.67. The second-order valence-electron chi connectivity index (χ2n) is 4.84. The van der Waals surface area contributed by atoms with Crippen molar-refractivity contribution in [3.8, 4) is 5.75 Å². The van der Waals surface area contributed by atoms with E-state index in [1.54, 1.807) is 36.3 Å². The van der Waals surface area contributed by atoms with E-state index in [4.69, 9.17) is 16.5 Å². The van der Waals surface area contributed by atoms with E-state index < -0.39 is 12.1 Å². The number of benzene rings is 1. The zero-order chi connectivity index (χ0) is 14.5. The second kappa shape index (κ2) is 6.92. The molecule has 1 saturated heterocycles. The molecule has 2 rings (SSSR count). The molecule has 0 aromatic heterocycles. The maximum atomic E-state index is 12.3. The zero-order valence-corrected chi connectivity index (χ0v) is 12.1. The lowest BCUT2D eigenvalue weighted by atomic mass is 10.0. The van der Waals surface area contributed by atoms with E-state index >= 15 is 0 Å².